The molecule has 4 heteroatoms. The fourth-order valence-corrected chi connectivity index (χ4v) is 2.07. The summed E-state index contributed by atoms with van der Waals surface area (Å²) in [6.07, 6.45) is 2.88. The zero-order valence-corrected chi connectivity index (χ0v) is 12.4. The van der Waals surface area contributed by atoms with E-state index < -0.39 is 0 Å². The summed E-state index contributed by atoms with van der Waals surface area (Å²) in [6.45, 7) is 6.94. The molecule has 0 aliphatic heterocycles. The summed E-state index contributed by atoms with van der Waals surface area (Å²) < 4.78 is 5.44. The molecule has 0 bridgehead atoms. The molecule has 0 aliphatic carbocycles. The number of nitrogens with one attached hydrogen (secondary N) is 1. The van der Waals surface area contributed by atoms with E-state index in [2.05, 4.69) is 23.8 Å². The highest BCUT2D eigenvalue weighted by Crippen LogP contribution is 2.24. The zero-order valence-electron chi connectivity index (χ0n) is 12.4. The molecule has 0 aliphatic rings. The van der Waals surface area contributed by atoms with E-state index in [1.54, 1.807) is 0 Å². The van der Waals surface area contributed by atoms with Gasteiger partial charge in [-0.15, -0.1) is 0 Å². The van der Waals surface area contributed by atoms with Gasteiger partial charge in [-0.05, 0) is 42.7 Å². The van der Waals surface area contributed by atoms with E-state index in [0.717, 1.165) is 29.3 Å². The van der Waals surface area contributed by atoms with E-state index >= 15 is 0 Å². The molecular formula is C16H23N3O. The lowest BCUT2D eigenvalue weighted by molar-refractivity contribution is 0.340. The van der Waals surface area contributed by atoms with Gasteiger partial charge < -0.3 is 15.5 Å². The van der Waals surface area contributed by atoms with Crippen molar-refractivity contribution in [3.63, 3.8) is 0 Å². The second-order valence-corrected chi connectivity index (χ2v) is 5.05. The Morgan fingerprint density at radius 2 is 1.95 bits per heavy atom. The molecule has 0 fully saturated rings. The highest BCUT2D eigenvalue weighted by atomic mass is 16.5. The first-order chi connectivity index (χ1) is 9.65. The van der Waals surface area contributed by atoms with Gasteiger partial charge in [-0.25, -0.2) is 4.98 Å². The number of aromatic nitrogens is 2. The van der Waals surface area contributed by atoms with E-state index in [4.69, 9.17) is 10.5 Å². The summed E-state index contributed by atoms with van der Waals surface area (Å²) in [5.74, 6) is 2.14. The lowest BCUT2D eigenvalue weighted by Crippen LogP contribution is -2.19. The summed E-state index contributed by atoms with van der Waals surface area (Å²) in [7, 11) is 0. The number of nitrogens with zero attached hydrogens (tertiary/aromatic N) is 1. The van der Waals surface area contributed by atoms with Gasteiger partial charge in [-0.1, -0.05) is 20.3 Å². The number of hydrogen-bond donors (Lipinski definition) is 2. The van der Waals surface area contributed by atoms with Crippen molar-refractivity contribution in [1.82, 2.24) is 9.97 Å². The van der Waals surface area contributed by atoms with Crippen LogP contribution >= 0.6 is 0 Å². The van der Waals surface area contributed by atoms with Gasteiger partial charge in [0.1, 0.15) is 11.6 Å². The van der Waals surface area contributed by atoms with E-state index in [1.807, 2.05) is 37.4 Å². The highest BCUT2D eigenvalue weighted by Gasteiger charge is 2.16. The van der Waals surface area contributed by atoms with Crippen LogP contribution in [0.5, 0.6) is 5.75 Å². The molecule has 2 rings (SSSR count). The Bertz CT molecular complexity index is 533. The third kappa shape index (κ3) is 3.20. The number of ether oxygens (including phenoxy) is 1. The van der Waals surface area contributed by atoms with Crippen LogP contribution in [0, 0.1) is 5.92 Å². The first-order valence-electron chi connectivity index (χ1n) is 7.19. The third-order valence-electron chi connectivity index (χ3n) is 3.64. The Hall–Kier alpha value is -1.81. The first kappa shape index (κ1) is 14.6. The second kappa shape index (κ2) is 6.57. The minimum atomic E-state index is -0.0450. The molecule has 0 saturated heterocycles. The van der Waals surface area contributed by atoms with Gasteiger partial charge in [-0.3, -0.25) is 0 Å². The first-order valence-corrected chi connectivity index (χ1v) is 7.19. The lowest BCUT2D eigenvalue weighted by Gasteiger charge is -2.15. The van der Waals surface area contributed by atoms with Gasteiger partial charge in [0.2, 0.25) is 0 Å². The average molecular weight is 273 g/mol. The number of aromatic amines is 1. The molecule has 2 aromatic rings. The van der Waals surface area contributed by atoms with E-state index in [1.165, 1.54) is 0 Å². The van der Waals surface area contributed by atoms with Crippen LogP contribution in [0.4, 0.5) is 0 Å². The van der Waals surface area contributed by atoms with Gasteiger partial charge in [0.15, 0.2) is 0 Å². The Kier molecular flexibility index (Phi) is 4.79. The molecule has 2 unspecified atom stereocenters. The topological polar surface area (TPSA) is 63.9 Å². The Labute approximate surface area is 120 Å². The monoisotopic (exact) mass is 273 g/mol. The number of hydrogen-bond acceptors (Lipinski definition) is 3. The minimum absolute atomic E-state index is 0.0450. The lowest BCUT2D eigenvalue weighted by atomic mass is 10.00. The van der Waals surface area contributed by atoms with E-state index in [9.17, 15) is 0 Å². The van der Waals surface area contributed by atoms with Gasteiger partial charge in [0.05, 0.1) is 24.5 Å². The normalized spacial score (nSPS) is 14.0. The van der Waals surface area contributed by atoms with Crippen molar-refractivity contribution in [3.8, 4) is 17.0 Å². The van der Waals surface area contributed by atoms with Crippen molar-refractivity contribution in [1.29, 1.82) is 0 Å². The predicted molar refractivity (Wildman–Crippen MR) is 81.6 cm³/mol. The van der Waals surface area contributed by atoms with Crippen LogP contribution < -0.4 is 10.5 Å². The fraction of sp³-hybridized carbons (Fsp3) is 0.438. The van der Waals surface area contributed by atoms with Crippen LogP contribution in [0.25, 0.3) is 11.3 Å². The van der Waals surface area contributed by atoms with Crippen molar-refractivity contribution < 1.29 is 4.74 Å². The van der Waals surface area contributed by atoms with Gasteiger partial charge in [-0.2, -0.15) is 0 Å². The predicted octanol–water partition coefficient (Wildman–Crippen LogP) is 3.52. The van der Waals surface area contributed by atoms with Gasteiger partial charge >= 0.3 is 0 Å². The molecule has 3 N–H and O–H groups in total. The maximum Gasteiger partial charge on any atom is 0.123 e. The van der Waals surface area contributed by atoms with Crippen molar-refractivity contribution in [2.24, 2.45) is 11.7 Å². The number of imidazole rings is 1. The summed E-state index contributed by atoms with van der Waals surface area (Å²) in [5, 5.41) is 0. The molecule has 1 heterocycles. The van der Waals surface area contributed by atoms with Crippen LogP contribution in [0.1, 0.15) is 39.1 Å². The molecule has 108 valence electrons. The molecule has 2 atom stereocenters. The second-order valence-electron chi connectivity index (χ2n) is 5.05. The van der Waals surface area contributed by atoms with Crippen molar-refractivity contribution in [2.75, 3.05) is 6.61 Å². The van der Waals surface area contributed by atoms with Gasteiger partial charge in [0.25, 0.3) is 0 Å². The Morgan fingerprint density at radius 3 is 2.55 bits per heavy atom. The summed E-state index contributed by atoms with van der Waals surface area (Å²) in [6, 6.07) is 7.94. The van der Waals surface area contributed by atoms with E-state index in [0.29, 0.717) is 12.5 Å². The number of H-pyrrole nitrogens is 1. The molecule has 0 spiro atoms. The molecule has 1 aromatic heterocycles. The molecule has 0 radical (unpaired) electrons. The molecule has 1 aromatic carbocycles. The van der Waals surface area contributed by atoms with Crippen LogP contribution in [0.3, 0.4) is 0 Å². The maximum atomic E-state index is 6.19. The van der Waals surface area contributed by atoms with Crippen LogP contribution in [-0.4, -0.2) is 16.6 Å². The average Bonchev–Trinajstić information content (AvgIpc) is 2.96. The standard InChI is InChI=1S/C16H23N3O/c1-4-11(3)15(17)16-18-10-14(19-16)12-6-8-13(9-7-12)20-5-2/h6-11,15H,4-5,17H2,1-3H3,(H,18,19). The highest BCUT2D eigenvalue weighted by molar-refractivity contribution is 5.59. The zero-order chi connectivity index (χ0) is 14.5. The van der Waals surface area contributed by atoms with Crippen LogP contribution in [-0.2, 0) is 0 Å². The smallest absolute Gasteiger partial charge is 0.123 e. The summed E-state index contributed by atoms with van der Waals surface area (Å²) in [5.41, 5.74) is 8.26. The van der Waals surface area contributed by atoms with Gasteiger partial charge in [0, 0.05) is 0 Å². The molecule has 0 saturated carbocycles. The third-order valence-corrected chi connectivity index (χ3v) is 3.64. The Morgan fingerprint density at radius 1 is 1.25 bits per heavy atom. The largest absolute Gasteiger partial charge is 0.494 e. The fourth-order valence-electron chi connectivity index (χ4n) is 2.07. The van der Waals surface area contributed by atoms with Crippen molar-refractivity contribution in [3.05, 3.63) is 36.3 Å². The molecular weight excluding hydrogens is 250 g/mol. The van der Waals surface area contributed by atoms with Crippen LogP contribution in [0.15, 0.2) is 30.5 Å². The van der Waals surface area contributed by atoms with E-state index in [-0.39, 0.29) is 6.04 Å². The summed E-state index contributed by atoms with van der Waals surface area (Å²) in [4.78, 5) is 7.73. The minimum Gasteiger partial charge on any atom is -0.494 e. The molecule has 20 heavy (non-hydrogen) atoms. The quantitative estimate of drug-likeness (QED) is 0.846. The molecule has 4 nitrogen and oxygen atoms in total. The SMILES string of the molecule is CCOc1ccc(-c2cnc(C(N)C(C)CC)[nH]2)cc1. The van der Waals surface area contributed by atoms with Crippen molar-refractivity contribution >= 4 is 0 Å². The number of nitrogens with two attached hydrogens (primary N) is 1. The van der Waals surface area contributed by atoms with Crippen molar-refractivity contribution in [2.45, 2.75) is 33.2 Å². The van der Waals surface area contributed by atoms with Crippen LogP contribution in [0.2, 0.25) is 0 Å². The number of benzene rings is 1. The molecule has 0 amide bonds. The number of rotatable bonds is 6. The Balaban J connectivity index is 2.15. The summed E-state index contributed by atoms with van der Waals surface area (Å²) >= 11 is 0. The maximum absolute atomic E-state index is 6.19.